The second kappa shape index (κ2) is 4.95. The molecule has 1 fully saturated rings. The first-order valence-electron chi connectivity index (χ1n) is 7.57. The largest absolute Gasteiger partial charge is 0.378 e. The Balaban J connectivity index is 1.78. The standard InChI is InChI=1S/C18H20N2/c1-2-7-13(8-3-1)17-15-10-6-12-19-18(15)14-9-4-5-11-16(14)20-17/h1-5,7-9,11,15,17-20H,6,10,12H2/t15-,17+,18+/m0/s1. The predicted octanol–water partition coefficient (Wildman–Crippen LogP) is 3.89. The summed E-state index contributed by atoms with van der Waals surface area (Å²) in [5, 5.41) is 7.51. The third kappa shape index (κ3) is 1.92. The van der Waals surface area contributed by atoms with E-state index in [0.717, 1.165) is 6.54 Å². The van der Waals surface area contributed by atoms with Crippen LogP contribution in [0.2, 0.25) is 0 Å². The lowest BCUT2D eigenvalue weighted by Gasteiger charge is -2.44. The highest BCUT2D eigenvalue weighted by Crippen LogP contribution is 2.46. The molecule has 0 aromatic heterocycles. The van der Waals surface area contributed by atoms with Crippen LogP contribution in [0.15, 0.2) is 54.6 Å². The molecule has 0 unspecified atom stereocenters. The van der Waals surface area contributed by atoms with Crippen LogP contribution in [0.3, 0.4) is 0 Å². The second-order valence-electron chi connectivity index (χ2n) is 5.86. The summed E-state index contributed by atoms with van der Waals surface area (Å²) >= 11 is 0. The van der Waals surface area contributed by atoms with Crippen LogP contribution >= 0.6 is 0 Å². The lowest BCUT2D eigenvalue weighted by Crippen LogP contribution is -2.42. The third-order valence-electron chi connectivity index (χ3n) is 4.70. The summed E-state index contributed by atoms with van der Waals surface area (Å²) in [6, 6.07) is 20.5. The molecule has 0 saturated carbocycles. The molecule has 2 heterocycles. The van der Waals surface area contributed by atoms with Crippen molar-refractivity contribution in [3.8, 4) is 0 Å². The van der Waals surface area contributed by atoms with Crippen molar-refractivity contribution >= 4 is 5.69 Å². The Morgan fingerprint density at radius 2 is 1.65 bits per heavy atom. The van der Waals surface area contributed by atoms with E-state index in [-0.39, 0.29) is 0 Å². The van der Waals surface area contributed by atoms with Crippen LogP contribution in [0.4, 0.5) is 5.69 Å². The molecule has 2 N–H and O–H groups in total. The average Bonchev–Trinajstić information content (AvgIpc) is 2.55. The minimum atomic E-state index is 0.420. The molecule has 2 aliphatic heterocycles. The van der Waals surface area contributed by atoms with E-state index < -0.39 is 0 Å². The lowest BCUT2D eigenvalue weighted by atomic mass is 9.75. The summed E-state index contributed by atoms with van der Waals surface area (Å²) in [7, 11) is 0. The Hall–Kier alpha value is -1.80. The Labute approximate surface area is 120 Å². The number of hydrogen-bond acceptors (Lipinski definition) is 2. The molecule has 0 amide bonds. The van der Waals surface area contributed by atoms with Gasteiger partial charge in [-0.25, -0.2) is 0 Å². The first-order chi connectivity index (χ1) is 9.93. The average molecular weight is 264 g/mol. The molecule has 4 rings (SSSR count). The van der Waals surface area contributed by atoms with Gasteiger partial charge >= 0.3 is 0 Å². The van der Waals surface area contributed by atoms with Crippen molar-refractivity contribution in [2.45, 2.75) is 24.9 Å². The van der Waals surface area contributed by atoms with Crippen LogP contribution in [0, 0.1) is 5.92 Å². The van der Waals surface area contributed by atoms with Gasteiger partial charge in [-0.15, -0.1) is 0 Å². The molecule has 0 radical (unpaired) electrons. The maximum atomic E-state index is 3.77. The molecule has 0 spiro atoms. The maximum Gasteiger partial charge on any atom is 0.0560 e. The van der Waals surface area contributed by atoms with E-state index in [1.54, 1.807) is 0 Å². The van der Waals surface area contributed by atoms with E-state index in [1.165, 1.54) is 29.7 Å². The fourth-order valence-corrected chi connectivity index (χ4v) is 3.78. The summed E-state index contributed by atoms with van der Waals surface area (Å²) in [6.07, 6.45) is 2.56. The van der Waals surface area contributed by atoms with Crippen molar-refractivity contribution in [3.63, 3.8) is 0 Å². The fraction of sp³-hybridized carbons (Fsp3) is 0.333. The zero-order valence-corrected chi connectivity index (χ0v) is 11.5. The molecular weight excluding hydrogens is 244 g/mol. The van der Waals surface area contributed by atoms with Gasteiger partial charge in [-0.05, 0) is 36.6 Å². The van der Waals surface area contributed by atoms with E-state index in [1.807, 2.05) is 0 Å². The zero-order chi connectivity index (χ0) is 13.4. The summed E-state index contributed by atoms with van der Waals surface area (Å²) in [4.78, 5) is 0. The number of piperidine rings is 1. The molecule has 20 heavy (non-hydrogen) atoms. The van der Waals surface area contributed by atoms with E-state index in [2.05, 4.69) is 65.2 Å². The van der Waals surface area contributed by atoms with Crippen LogP contribution in [0.5, 0.6) is 0 Å². The summed E-state index contributed by atoms with van der Waals surface area (Å²) in [6.45, 7) is 1.14. The number of benzene rings is 2. The number of fused-ring (bicyclic) bond motifs is 3. The van der Waals surface area contributed by atoms with Gasteiger partial charge in [-0.1, -0.05) is 48.5 Å². The highest BCUT2D eigenvalue weighted by Gasteiger charge is 2.38. The Bertz CT molecular complexity index is 593. The molecule has 2 aromatic rings. The molecule has 2 aliphatic rings. The van der Waals surface area contributed by atoms with E-state index in [9.17, 15) is 0 Å². The van der Waals surface area contributed by atoms with Crippen LogP contribution in [-0.4, -0.2) is 6.54 Å². The monoisotopic (exact) mass is 264 g/mol. The number of para-hydroxylation sites is 1. The van der Waals surface area contributed by atoms with Gasteiger partial charge in [-0.3, -0.25) is 0 Å². The quantitative estimate of drug-likeness (QED) is 0.816. The van der Waals surface area contributed by atoms with Crippen molar-refractivity contribution in [1.29, 1.82) is 0 Å². The van der Waals surface area contributed by atoms with Crippen molar-refractivity contribution in [3.05, 3.63) is 65.7 Å². The molecule has 2 heteroatoms. The minimum absolute atomic E-state index is 0.420. The van der Waals surface area contributed by atoms with Gasteiger partial charge in [0.15, 0.2) is 0 Å². The van der Waals surface area contributed by atoms with Crippen molar-refractivity contribution in [2.24, 2.45) is 5.92 Å². The van der Waals surface area contributed by atoms with Crippen molar-refractivity contribution in [2.75, 3.05) is 11.9 Å². The predicted molar refractivity (Wildman–Crippen MR) is 82.7 cm³/mol. The number of anilines is 1. The number of nitrogens with one attached hydrogen (secondary N) is 2. The van der Waals surface area contributed by atoms with E-state index in [0.29, 0.717) is 18.0 Å². The van der Waals surface area contributed by atoms with Gasteiger partial charge in [0.1, 0.15) is 0 Å². The second-order valence-corrected chi connectivity index (χ2v) is 5.86. The van der Waals surface area contributed by atoms with Crippen molar-refractivity contribution in [1.82, 2.24) is 5.32 Å². The summed E-state index contributed by atoms with van der Waals surface area (Å²) < 4.78 is 0. The molecule has 2 aromatic carbocycles. The Morgan fingerprint density at radius 1 is 0.850 bits per heavy atom. The van der Waals surface area contributed by atoms with Crippen LogP contribution < -0.4 is 10.6 Å². The van der Waals surface area contributed by atoms with Gasteiger partial charge in [0.2, 0.25) is 0 Å². The van der Waals surface area contributed by atoms with Gasteiger partial charge < -0.3 is 10.6 Å². The molecule has 0 bridgehead atoms. The molecule has 2 nitrogen and oxygen atoms in total. The number of hydrogen-bond donors (Lipinski definition) is 2. The van der Waals surface area contributed by atoms with Gasteiger partial charge in [0, 0.05) is 17.6 Å². The van der Waals surface area contributed by atoms with Gasteiger partial charge in [0.25, 0.3) is 0 Å². The maximum absolute atomic E-state index is 3.77. The first kappa shape index (κ1) is 12.0. The summed E-state index contributed by atoms with van der Waals surface area (Å²) in [5.74, 6) is 0.640. The topological polar surface area (TPSA) is 24.1 Å². The SMILES string of the molecule is c1ccc([C@H]2Nc3ccccc3[C@H]3NCCC[C@@H]23)cc1. The Morgan fingerprint density at radius 3 is 2.55 bits per heavy atom. The molecule has 1 saturated heterocycles. The van der Waals surface area contributed by atoms with Gasteiger partial charge in [0.05, 0.1) is 6.04 Å². The van der Waals surface area contributed by atoms with Crippen LogP contribution in [0.25, 0.3) is 0 Å². The normalized spacial score (nSPS) is 28.1. The zero-order valence-electron chi connectivity index (χ0n) is 11.5. The fourth-order valence-electron chi connectivity index (χ4n) is 3.78. The molecule has 0 aliphatic carbocycles. The molecule has 3 atom stereocenters. The van der Waals surface area contributed by atoms with Gasteiger partial charge in [-0.2, -0.15) is 0 Å². The smallest absolute Gasteiger partial charge is 0.0560 e. The lowest BCUT2D eigenvalue weighted by molar-refractivity contribution is 0.245. The van der Waals surface area contributed by atoms with Crippen molar-refractivity contribution < 1.29 is 0 Å². The van der Waals surface area contributed by atoms with E-state index >= 15 is 0 Å². The highest BCUT2D eigenvalue weighted by molar-refractivity contribution is 5.57. The third-order valence-corrected chi connectivity index (χ3v) is 4.70. The number of rotatable bonds is 1. The summed E-state index contributed by atoms with van der Waals surface area (Å²) in [5.41, 5.74) is 4.13. The Kier molecular flexibility index (Phi) is 2.96. The van der Waals surface area contributed by atoms with Crippen LogP contribution in [0.1, 0.15) is 36.1 Å². The minimum Gasteiger partial charge on any atom is -0.378 e. The highest BCUT2D eigenvalue weighted by atomic mass is 15.0. The molecule has 102 valence electrons. The molecular formula is C18H20N2. The first-order valence-corrected chi connectivity index (χ1v) is 7.57. The van der Waals surface area contributed by atoms with Crippen LogP contribution in [-0.2, 0) is 0 Å². The van der Waals surface area contributed by atoms with E-state index in [4.69, 9.17) is 0 Å².